The molecule has 1 fully saturated rings. The van der Waals surface area contributed by atoms with Crippen molar-refractivity contribution in [1.29, 1.82) is 0 Å². The lowest BCUT2D eigenvalue weighted by Crippen LogP contribution is -2.28. The summed E-state index contributed by atoms with van der Waals surface area (Å²) < 4.78 is 0. The second-order valence-electron chi connectivity index (χ2n) is 5.67. The molecule has 2 heteroatoms. The Hall–Kier alpha value is -0.530. The molecule has 0 saturated carbocycles. The third-order valence-electron chi connectivity index (χ3n) is 4.00. The number of likely N-dealkylation sites (tertiary alicyclic amines) is 1. The minimum Gasteiger partial charge on any atom is -0.302 e. The fourth-order valence-electron chi connectivity index (χ4n) is 2.83. The molecule has 1 aliphatic rings. The Labute approximate surface area is 123 Å². The lowest BCUT2D eigenvalue weighted by molar-refractivity contribution is 0.285. The molecule has 106 valence electrons. The van der Waals surface area contributed by atoms with Gasteiger partial charge in [0, 0.05) is 6.54 Å². The van der Waals surface area contributed by atoms with Gasteiger partial charge in [-0.1, -0.05) is 50.5 Å². The van der Waals surface area contributed by atoms with Crippen LogP contribution in [0.1, 0.15) is 55.5 Å². The standard InChI is InChI=1S/C17H26ClN/c1-2-7-15-8-10-16(11-9-15)17(18)14-19-12-5-3-4-6-13-19/h8-11,17H,2-7,12-14H2,1H3. The van der Waals surface area contributed by atoms with Crippen molar-refractivity contribution in [3.63, 3.8) is 0 Å². The van der Waals surface area contributed by atoms with Crippen molar-refractivity contribution < 1.29 is 0 Å². The van der Waals surface area contributed by atoms with Gasteiger partial charge in [0.25, 0.3) is 0 Å². The Kier molecular flexibility index (Phi) is 6.19. The van der Waals surface area contributed by atoms with Crippen LogP contribution < -0.4 is 0 Å². The molecule has 1 nitrogen and oxygen atoms in total. The third kappa shape index (κ3) is 4.81. The monoisotopic (exact) mass is 279 g/mol. The van der Waals surface area contributed by atoms with Crippen molar-refractivity contribution in [2.45, 2.75) is 50.8 Å². The van der Waals surface area contributed by atoms with Gasteiger partial charge in [0.15, 0.2) is 0 Å². The predicted octanol–water partition coefficient (Wildman–Crippen LogP) is 4.80. The predicted molar refractivity (Wildman–Crippen MR) is 83.9 cm³/mol. The van der Waals surface area contributed by atoms with Gasteiger partial charge in [-0.05, 0) is 43.5 Å². The van der Waals surface area contributed by atoms with Gasteiger partial charge in [0.2, 0.25) is 0 Å². The summed E-state index contributed by atoms with van der Waals surface area (Å²) in [5.74, 6) is 0. The van der Waals surface area contributed by atoms with Crippen molar-refractivity contribution in [2.24, 2.45) is 0 Å². The van der Waals surface area contributed by atoms with Crippen LogP contribution in [-0.4, -0.2) is 24.5 Å². The summed E-state index contributed by atoms with van der Waals surface area (Å²) in [6, 6.07) is 8.88. The zero-order chi connectivity index (χ0) is 13.5. The highest BCUT2D eigenvalue weighted by molar-refractivity contribution is 6.21. The van der Waals surface area contributed by atoms with E-state index in [1.165, 1.54) is 62.7 Å². The van der Waals surface area contributed by atoms with Crippen LogP contribution in [0.2, 0.25) is 0 Å². The fraction of sp³-hybridized carbons (Fsp3) is 0.647. The van der Waals surface area contributed by atoms with Gasteiger partial charge < -0.3 is 4.90 Å². The van der Waals surface area contributed by atoms with Gasteiger partial charge in [0.05, 0.1) is 5.38 Å². The van der Waals surface area contributed by atoms with E-state index < -0.39 is 0 Å². The normalized spacial score (nSPS) is 19.1. The molecule has 1 aromatic carbocycles. The Morgan fingerprint density at radius 1 is 1.05 bits per heavy atom. The molecule has 1 unspecified atom stereocenters. The summed E-state index contributed by atoms with van der Waals surface area (Å²) in [4.78, 5) is 2.53. The number of aryl methyl sites for hydroxylation is 1. The van der Waals surface area contributed by atoms with E-state index in [0.29, 0.717) is 0 Å². The smallest absolute Gasteiger partial charge is 0.0712 e. The molecule has 1 atom stereocenters. The number of hydrogen-bond donors (Lipinski definition) is 0. The molecule has 2 rings (SSSR count). The Morgan fingerprint density at radius 2 is 1.68 bits per heavy atom. The molecule has 0 spiro atoms. The number of alkyl halides is 1. The lowest BCUT2D eigenvalue weighted by Gasteiger charge is -2.23. The van der Waals surface area contributed by atoms with Crippen LogP contribution in [0, 0.1) is 0 Å². The van der Waals surface area contributed by atoms with E-state index in [-0.39, 0.29) is 5.38 Å². The first-order valence-corrected chi connectivity index (χ1v) is 8.18. The van der Waals surface area contributed by atoms with Crippen LogP contribution in [0.5, 0.6) is 0 Å². The summed E-state index contributed by atoms with van der Waals surface area (Å²) in [6.45, 7) is 5.65. The summed E-state index contributed by atoms with van der Waals surface area (Å²) in [5, 5.41) is 0.133. The van der Waals surface area contributed by atoms with Crippen LogP contribution in [0.3, 0.4) is 0 Å². The SMILES string of the molecule is CCCc1ccc(C(Cl)CN2CCCCCC2)cc1. The summed E-state index contributed by atoms with van der Waals surface area (Å²) in [7, 11) is 0. The average Bonchev–Trinajstić information content (AvgIpc) is 2.68. The topological polar surface area (TPSA) is 3.24 Å². The van der Waals surface area contributed by atoms with E-state index in [1.807, 2.05) is 0 Å². The van der Waals surface area contributed by atoms with Crippen molar-refractivity contribution in [3.05, 3.63) is 35.4 Å². The molecular weight excluding hydrogens is 254 g/mol. The van der Waals surface area contributed by atoms with Crippen LogP contribution in [-0.2, 0) is 6.42 Å². The van der Waals surface area contributed by atoms with Gasteiger partial charge in [-0.25, -0.2) is 0 Å². The van der Waals surface area contributed by atoms with E-state index in [0.717, 1.165) is 6.54 Å². The van der Waals surface area contributed by atoms with Gasteiger partial charge in [-0.15, -0.1) is 11.6 Å². The van der Waals surface area contributed by atoms with Crippen molar-refractivity contribution >= 4 is 11.6 Å². The molecule has 1 heterocycles. The summed E-state index contributed by atoms with van der Waals surface area (Å²) >= 11 is 6.58. The Morgan fingerprint density at radius 3 is 2.26 bits per heavy atom. The molecule has 0 N–H and O–H groups in total. The van der Waals surface area contributed by atoms with E-state index in [2.05, 4.69) is 36.1 Å². The zero-order valence-electron chi connectivity index (χ0n) is 12.1. The largest absolute Gasteiger partial charge is 0.302 e. The molecule has 0 aromatic heterocycles. The van der Waals surface area contributed by atoms with Gasteiger partial charge >= 0.3 is 0 Å². The minimum absolute atomic E-state index is 0.133. The van der Waals surface area contributed by atoms with Crippen LogP contribution in [0.25, 0.3) is 0 Å². The number of hydrogen-bond acceptors (Lipinski definition) is 1. The second-order valence-corrected chi connectivity index (χ2v) is 6.20. The fourth-order valence-corrected chi connectivity index (χ4v) is 3.17. The van der Waals surface area contributed by atoms with Crippen LogP contribution >= 0.6 is 11.6 Å². The van der Waals surface area contributed by atoms with E-state index in [4.69, 9.17) is 11.6 Å². The number of nitrogens with zero attached hydrogens (tertiary/aromatic N) is 1. The molecule has 19 heavy (non-hydrogen) atoms. The maximum atomic E-state index is 6.58. The van der Waals surface area contributed by atoms with Crippen LogP contribution in [0.15, 0.2) is 24.3 Å². The number of halogens is 1. The van der Waals surface area contributed by atoms with Crippen molar-refractivity contribution in [1.82, 2.24) is 4.90 Å². The number of benzene rings is 1. The van der Waals surface area contributed by atoms with Crippen molar-refractivity contribution in [3.8, 4) is 0 Å². The maximum absolute atomic E-state index is 6.58. The van der Waals surface area contributed by atoms with Gasteiger partial charge in [-0.3, -0.25) is 0 Å². The molecule has 0 bridgehead atoms. The quantitative estimate of drug-likeness (QED) is 0.700. The highest BCUT2D eigenvalue weighted by atomic mass is 35.5. The van der Waals surface area contributed by atoms with E-state index >= 15 is 0 Å². The first-order chi connectivity index (χ1) is 9.29. The molecule has 1 saturated heterocycles. The second kappa shape index (κ2) is 7.91. The lowest BCUT2D eigenvalue weighted by atomic mass is 10.1. The summed E-state index contributed by atoms with van der Waals surface area (Å²) in [5.41, 5.74) is 2.69. The maximum Gasteiger partial charge on any atom is 0.0712 e. The highest BCUT2D eigenvalue weighted by Gasteiger charge is 2.15. The summed E-state index contributed by atoms with van der Waals surface area (Å²) in [6.07, 6.45) is 7.80. The molecular formula is C17H26ClN. The highest BCUT2D eigenvalue weighted by Crippen LogP contribution is 2.23. The number of rotatable bonds is 5. The van der Waals surface area contributed by atoms with E-state index in [9.17, 15) is 0 Å². The molecule has 1 aromatic rings. The first-order valence-electron chi connectivity index (χ1n) is 7.75. The van der Waals surface area contributed by atoms with Crippen LogP contribution in [0.4, 0.5) is 0 Å². The van der Waals surface area contributed by atoms with Gasteiger partial charge in [0.1, 0.15) is 0 Å². The molecule has 0 radical (unpaired) electrons. The zero-order valence-corrected chi connectivity index (χ0v) is 12.8. The Balaban J connectivity index is 1.89. The molecule has 1 aliphatic heterocycles. The first kappa shape index (κ1) is 14.9. The molecule has 0 aliphatic carbocycles. The van der Waals surface area contributed by atoms with E-state index in [1.54, 1.807) is 0 Å². The third-order valence-corrected chi connectivity index (χ3v) is 4.39. The molecule has 0 amide bonds. The average molecular weight is 280 g/mol. The Bertz CT molecular complexity index is 352. The minimum atomic E-state index is 0.133. The van der Waals surface area contributed by atoms with Gasteiger partial charge in [-0.2, -0.15) is 0 Å². The van der Waals surface area contributed by atoms with Crippen molar-refractivity contribution in [2.75, 3.05) is 19.6 Å².